The molecule has 0 saturated heterocycles. The van der Waals surface area contributed by atoms with Crippen LogP contribution < -0.4 is 0 Å². The van der Waals surface area contributed by atoms with E-state index in [4.69, 9.17) is 14.3 Å². The van der Waals surface area contributed by atoms with E-state index >= 15 is 0 Å². The van der Waals surface area contributed by atoms with Gasteiger partial charge in [0.05, 0.1) is 0 Å². The molecule has 3 heteroatoms. The van der Waals surface area contributed by atoms with E-state index in [1.165, 1.54) is 154 Å². The minimum atomic E-state index is 0. The number of unbranched alkanes of at least 4 members (excludes halogenated alkanes) is 20. The highest BCUT2D eigenvalue weighted by atomic mass is 16.5. The molecule has 0 rings (SSSR count). The Morgan fingerprint density at radius 1 is 0.232 bits per heavy atom. The summed E-state index contributed by atoms with van der Waals surface area (Å²) in [5.74, 6) is 0. The molecule has 3 nitrogen and oxygen atoms in total. The molecule has 56 heavy (non-hydrogen) atoms. The van der Waals surface area contributed by atoms with Crippen molar-refractivity contribution in [3.63, 3.8) is 0 Å². The lowest BCUT2D eigenvalue weighted by atomic mass is 10.1. The molecule has 0 heterocycles. The molecule has 0 N–H and O–H groups in total. The normalized spacial score (nSPS) is 6.68. The van der Waals surface area contributed by atoms with Crippen LogP contribution in [0.5, 0.6) is 0 Å². The Labute approximate surface area is 366 Å². The van der Waals surface area contributed by atoms with Crippen LogP contribution in [0.15, 0.2) is 78.9 Å². The van der Waals surface area contributed by atoms with E-state index < -0.39 is 0 Å². The largest absolute Gasteiger partial charge is 0.381 e. The van der Waals surface area contributed by atoms with Crippen molar-refractivity contribution >= 4 is 13.6 Å². The van der Waals surface area contributed by atoms with E-state index in [-0.39, 0.29) is 52.0 Å². The fourth-order valence-electron chi connectivity index (χ4n) is 3.78. The molecule has 0 unspecified atom stereocenters. The minimum absolute atomic E-state index is 0. The van der Waals surface area contributed by atoms with E-state index in [9.17, 15) is 0 Å². The van der Waals surface area contributed by atoms with Crippen molar-refractivity contribution in [2.45, 2.75) is 248 Å². The van der Waals surface area contributed by atoms with Gasteiger partial charge in [0.15, 0.2) is 0 Å². The summed E-state index contributed by atoms with van der Waals surface area (Å²) in [6.45, 7) is 55.5. The van der Waals surface area contributed by atoms with Crippen LogP contribution in [0.1, 0.15) is 248 Å². The summed E-state index contributed by atoms with van der Waals surface area (Å²) in [6, 6.07) is 0. The summed E-state index contributed by atoms with van der Waals surface area (Å²) in [7, 11) is 0. The first kappa shape index (κ1) is 117. The Kier molecular flexibility index (Phi) is 482. The molecule has 0 atom stereocenters. The predicted molar refractivity (Wildman–Crippen MR) is 285 cm³/mol. The van der Waals surface area contributed by atoms with Crippen molar-refractivity contribution in [2.24, 2.45) is 0 Å². The highest BCUT2D eigenvalue weighted by Gasteiger charge is 1.90. The summed E-state index contributed by atoms with van der Waals surface area (Å²) in [4.78, 5) is 16.0. The van der Waals surface area contributed by atoms with Crippen LogP contribution in [0.4, 0.5) is 0 Å². The van der Waals surface area contributed by atoms with E-state index in [0.29, 0.717) is 0 Å². The second-order valence-electron chi connectivity index (χ2n) is 9.98. The molecule has 0 aliphatic heterocycles. The molecule has 0 saturated carbocycles. The molecule has 0 aromatic carbocycles. The lowest BCUT2D eigenvalue weighted by molar-refractivity contribution is -0.0987. The molecule has 0 aromatic heterocycles. The monoisotopic (exact) mass is 811 g/mol. The Balaban J connectivity index is -0.0000000194. The van der Waals surface area contributed by atoms with Crippen LogP contribution >= 0.6 is 0 Å². The van der Waals surface area contributed by atoms with Gasteiger partial charge in [0.1, 0.15) is 13.6 Å². The van der Waals surface area contributed by atoms with E-state index in [1.54, 1.807) is 0 Å². The van der Waals surface area contributed by atoms with Crippen LogP contribution in [0.3, 0.4) is 0 Å². The predicted octanol–water partition coefficient (Wildman–Crippen LogP) is 21.4. The first-order valence-corrected chi connectivity index (χ1v) is 19.4. The molecular weight excluding hydrogens is 685 g/mol. The third-order valence-electron chi connectivity index (χ3n) is 6.20. The summed E-state index contributed by atoms with van der Waals surface area (Å²) in [6.07, 6.45) is 33.6. The van der Waals surface area contributed by atoms with Gasteiger partial charge < -0.3 is 14.3 Å². The summed E-state index contributed by atoms with van der Waals surface area (Å²) in [5, 5.41) is 0. The van der Waals surface area contributed by atoms with Crippen molar-refractivity contribution in [1.29, 1.82) is 0 Å². The van der Waals surface area contributed by atoms with Crippen molar-refractivity contribution in [2.75, 3.05) is 13.2 Å². The van der Waals surface area contributed by atoms with E-state index in [1.807, 2.05) is 13.6 Å². The lowest BCUT2D eigenvalue weighted by Crippen LogP contribution is -1.96. The molecule has 0 spiro atoms. The van der Waals surface area contributed by atoms with E-state index in [0.717, 1.165) is 13.2 Å². The number of carbonyl (C=O) groups excluding carboxylic acids is 2. The molecule has 356 valence electrons. The number of hydrogen-bond acceptors (Lipinski definition) is 3. The SMILES string of the molecule is C.C.C.C.C.C.C.C=C.C=C.C=C.C=C.C=C.C=C.C=O.C=O.CCCCCCCCCCC.CCCCCCCCCCC.CCCCCOCCCCC. The van der Waals surface area contributed by atoms with Gasteiger partial charge >= 0.3 is 0 Å². The standard InChI is InChI=1S/2C11H24.C10H22O.6C2H4.2CH2O.7CH4/c3*1-3-5-7-9-11-10-8-6-4-2;8*1-2;;;;;;;/h2*3-11H2,1-2H3;3-10H2,1-2H3;6*1-2H2;2*1H2;7*1H4. The van der Waals surface area contributed by atoms with Crippen LogP contribution in [0.2, 0.25) is 0 Å². The molecule has 0 fully saturated rings. The summed E-state index contributed by atoms with van der Waals surface area (Å²) in [5.41, 5.74) is 0. The van der Waals surface area contributed by atoms with Crippen LogP contribution in [0.25, 0.3) is 0 Å². The van der Waals surface area contributed by atoms with Crippen LogP contribution in [-0.2, 0) is 14.3 Å². The van der Waals surface area contributed by atoms with Crippen molar-refractivity contribution in [3.05, 3.63) is 78.9 Å². The van der Waals surface area contributed by atoms with Gasteiger partial charge in [-0.1, -0.05) is 235 Å². The first-order chi connectivity index (χ1) is 24.2. The number of hydrogen-bond donors (Lipinski definition) is 0. The average Bonchev–Trinajstić information content (AvgIpc) is 3.20. The topological polar surface area (TPSA) is 43.4 Å². The lowest BCUT2D eigenvalue weighted by Gasteiger charge is -2.01. The van der Waals surface area contributed by atoms with Crippen LogP contribution in [0, 0.1) is 0 Å². The smallest absolute Gasteiger partial charge is 0.106 e. The number of carbonyl (C=O) groups is 2. The zero-order valence-corrected chi connectivity index (χ0v) is 35.5. The number of ether oxygens (including phenoxy) is 1. The molecule has 0 aliphatic carbocycles. The third kappa shape index (κ3) is 282. The fraction of sp³-hybridized carbons (Fsp3) is 0.736. The molecule has 0 amide bonds. The van der Waals surface area contributed by atoms with Gasteiger partial charge in [0, 0.05) is 13.2 Å². The second-order valence-corrected chi connectivity index (χ2v) is 9.98. The summed E-state index contributed by atoms with van der Waals surface area (Å²) >= 11 is 0. The third-order valence-corrected chi connectivity index (χ3v) is 6.20. The minimum Gasteiger partial charge on any atom is -0.381 e. The molecule has 0 bridgehead atoms. The fourth-order valence-corrected chi connectivity index (χ4v) is 3.78. The van der Waals surface area contributed by atoms with Gasteiger partial charge in [0.2, 0.25) is 0 Å². The first-order valence-electron chi connectivity index (χ1n) is 19.4. The van der Waals surface area contributed by atoms with Gasteiger partial charge in [-0.05, 0) is 12.8 Å². The Morgan fingerprint density at radius 2 is 0.339 bits per heavy atom. The van der Waals surface area contributed by atoms with Gasteiger partial charge in [0.25, 0.3) is 0 Å². The maximum absolute atomic E-state index is 8.00. The van der Waals surface area contributed by atoms with E-state index in [2.05, 4.69) is 120 Å². The van der Waals surface area contributed by atoms with Crippen LogP contribution in [-0.4, -0.2) is 26.8 Å². The quantitative estimate of drug-likeness (QED) is 0.0720. The molecule has 0 aromatic rings. The average molecular weight is 812 g/mol. The van der Waals surface area contributed by atoms with Gasteiger partial charge in [-0.2, -0.15) is 0 Å². The maximum atomic E-state index is 8.00. The van der Waals surface area contributed by atoms with Gasteiger partial charge in [-0.3, -0.25) is 0 Å². The zero-order chi connectivity index (χ0) is 41.1. The number of rotatable bonds is 24. The highest BCUT2D eigenvalue weighted by Crippen LogP contribution is 2.09. The Hall–Kier alpha value is -2.26. The van der Waals surface area contributed by atoms with Gasteiger partial charge in [-0.15, -0.1) is 78.9 Å². The zero-order valence-electron chi connectivity index (χ0n) is 35.5. The Morgan fingerprint density at radius 3 is 0.464 bits per heavy atom. The Bertz CT molecular complexity index is 285. The molecule has 0 radical (unpaired) electrons. The van der Waals surface area contributed by atoms with Crippen molar-refractivity contribution in [3.8, 4) is 0 Å². The van der Waals surface area contributed by atoms with Crippen molar-refractivity contribution < 1.29 is 14.3 Å². The van der Waals surface area contributed by atoms with Gasteiger partial charge in [-0.25, -0.2) is 0 Å². The maximum Gasteiger partial charge on any atom is 0.106 e. The summed E-state index contributed by atoms with van der Waals surface area (Å²) < 4.78 is 5.44. The molecular formula is C53H126O3. The molecule has 0 aliphatic rings. The van der Waals surface area contributed by atoms with Crippen molar-refractivity contribution in [1.82, 2.24) is 0 Å². The second kappa shape index (κ2) is 231. The highest BCUT2D eigenvalue weighted by molar-refractivity contribution is 5.11.